The lowest BCUT2D eigenvalue weighted by Gasteiger charge is -2.41. The molecule has 0 bridgehead atoms. The lowest BCUT2D eigenvalue weighted by Crippen LogP contribution is -2.48. The molecule has 182 valence electrons. The second-order valence-electron chi connectivity index (χ2n) is 8.99. The molecule has 2 N–H and O–H groups in total. The molecular weight excluding hydrogens is 468 g/mol. The van der Waals surface area contributed by atoms with Crippen molar-refractivity contribution in [2.45, 2.75) is 32.7 Å². The van der Waals surface area contributed by atoms with E-state index in [0.717, 1.165) is 33.5 Å². The van der Waals surface area contributed by atoms with Gasteiger partial charge in [-0.15, -0.1) is 0 Å². The Balaban J connectivity index is 1.51. The zero-order valence-electron chi connectivity index (χ0n) is 20.3. The molecule has 10 nitrogen and oxygen atoms in total. The number of benzene rings is 1. The molecule has 4 aromatic rings. The first kappa shape index (κ1) is 23.1. The molecule has 1 amide bonds. The average Bonchev–Trinajstić information content (AvgIpc) is 3.38. The maximum Gasteiger partial charge on any atom is 0.257 e. The molecule has 3 aromatic heterocycles. The van der Waals surface area contributed by atoms with Crippen LogP contribution in [-0.2, 0) is 7.05 Å². The van der Waals surface area contributed by atoms with E-state index < -0.39 is 0 Å². The van der Waals surface area contributed by atoms with E-state index in [0.29, 0.717) is 35.1 Å². The van der Waals surface area contributed by atoms with Gasteiger partial charge in [0.25, 0.3) is 5.91 Å². The molecule has 1 aliphatic rings. The molecule has 1 unspecified atom stereocenters. The number of carbonyl (C=O) groups excluding carboxylic acids is 1. The molecule has 0 saturated carbocycles. The number of amides is 1. The summed E-state index contributed by atoms with van der Waals surface area (Å²) in [5.41, 5.74) is 10.9. The molecule has 0 spiro atoms. The Bertz CT molecular complexity index is 1450. The van der Waals surface area contributed by atoms with Crippen molar-refractivity contribution in [2.24, 2.45) is 7.05 Å². The summed E-state index contributed by atoms with van der Waals surface area (Å²) in [5.74, 6) is 1.22. The summed E-state index contributed by atoms with van der Waals surface area (Å²) in [7, 11) is 3.45. The molecule has 35 heavy (non-hydrogen) atoms. The van der Waals surface area contributed by atoms with Gasteiger partial charge in [0, 0.05) is 48.4 Å². The monoisotopic (exact) mass is 494 g/mol. The summed E-state index contributed by atoms with van der Waals surface area (Å²) in [6.07, 6.45) is 4.76. The van der Waals surface area contributed by atoms with Crippen molar-refractivity contribution in [2.75, 3.05) is 25.9 Å². The van der Waals surface area contributed by atoms with Crippen LogP contribution < -0.4 is 10.5 Å². The molecule has 5 rings (SSSR count). The highest BCUT2D eigenvalue weighted by molar-refractivity contribution is 6.31. The fraction of sp³-hybridized carbons (Fsp3) is 0.375. The van der Waals surface area contributed by atoms with Gasteiger partial charge in [0.15, 0.2) is 5.65 Å². The minimum atomic E-state index is -0.236. The minimum absolute atomic E-state index is 0.0302. The van der Waals surface area contributed by atoms with E-state index in [4.69, 9.17) is 27.2 Å². The van der Waals surface area contributed by atoms with Crippen molar-refractivity contribution >= 4 is 34.4 Å². The topological polar surface area (TPSA) is 117 Å². The van der Waals surface area contributed by atoms with Crippen LogP contribution in [-0.4, -0.2) is 60.5 Å². The lowest BCUT2D eigenvalue weighted by atomic mass is 9.85. The fourth-order valence-electron chi connectivity index (χ4n) is 4.91. The molecule has 1 atom stereocenters. The number of aromatic nitrogens is 6. The van der Waals surface area contributed by atoms with Gasteiger partial charge < -0.3 is 15.4 Å². The van der Waals surface area contributed by atoms with E-state index in [-0.39, 0.29) is 17.9 Å². The number of nitrogens with zero attached hydrogens (tertiary/aromatic N) is 7. The van der Waals surface area contributed by atoms with Crippen LogP contribution in [0.5, 0.6) is 5.75 Å². The maximum atomic E-state index is 12.8. The van der Waals surface area contributed by atoms with Gasteiger partial charge in [-0.05, 0) is 32.4 Å². The van der Waals surface area contributed by atoms with Gasteiger partial charge in [-0.1, -0.05) is 11.6 Å². The van der Waals surface area contributed by atoms with Crippen molar-refractivity contribution in [1.82, 2.24) is 34.4 Å². The molecule has 0 radical (unpaired) electrons. The molecule has 0 aliphatic carbocycles. The first-order valence-corrected chi connectivity index (χ1v) is 11.7. The summed E-state index contributed by atoms with van der Waals surface area (Å²) in [5, 5.41) is 10.2. The van der Waals surface area contributed by atoms with E-state index in [9.17, 15) is 4.79 Å². The van der Waals surface area contributed by atoms with Crippen LogP contribution >= 0.6 is 11.6 Å². The van der Waals surface area contributed by atoms with Gasteiger partial charge >= 0.3 is 0 Å². The standard InChI is InChI=1S/C24H27ClN8O2/c1-12-18(25)6-17(14(3)33-23-20(13(2)30-33)22(26)27-11-28-23)21(35-5)19(12)16-9-32(10-16)24(34)15-7-29-31(4)8-15/h6-8,11,14,16H,9-10H2,1-5H3,(H2,26,27,28). The first-order chi connectivity index (χ1) is 16.7. The van der Waals surface area contributed by atoms with Crippen LogP contribution in [0.3, 0.4) is 0 Å². The number of nitrogen functional groups attached to an aromatic ring is 1. The summed E-state index contributed by atoms with van der Waals surface area (Å²) in [6, 6.07) is 1.69. The van der Waals surface area contributed by atoms with Gasteiger partial charge in [0.05, 0.1) is 36.0 Å². The molecular formula is C24H27ClN8O2. The SMILES string of the molecule is COc1c(C(C)n2nc(C)c3c(N)ncnc32)cc(Cl)c(C)c1C1CN(C(=O)c2cnn(C)c2)C1. The quantitative estimate of drug-likeness (QED) is 0.452. The maximum absolute atomic E-state index is 12.8. The van der Waals surface area contributed by atoms with Gasteiger partial charge in [-0.25, -0.2) is 14.6 Å². The number of fused-ring (bicyclic) bond motifs is 1. The van der Waals surface area contributed by atoms with E-state index >= 15 is 0 Å². The zero-order valence-corrected chi connectivity index (χ0v) is 21.0. The number of likely N-dealkylation sites (tertiary alicyclic amines) is 1. The van der Waals surface area contributed by atoms with Gasteiger partial charge in [0.2, 0.25) is 0 Å². The summed E-state index contributed by atoms with van der Waals surface area (Å²) >= 11 is 6.73. The van der Waals surface area contributed by atoms with Crippen LogP contribution in [0.1, 0.15) is 51.6 Å². The Kier molecular flexibility index (Phi) is 5.63. The highest BCUT2D eigenvalue weighted by Crippen LogP contribution is 2.44. The normalized spacial score (nSPS) is 14.9. The van der Waals surface area contributed by atoms with Crippen LogP contribution in [0, 0.1) is 13.8 Å². The summed E-state index contributed by atoms with van der Waals surface area (Å²) in [6.45, 7) is 7.05. The Morgan fingerprint density at radius 3 is 2.69 bits per heavy atom. The van der Waals surface area contributed by atoms with E-state index in [1.54, 1.807) is 31.2 Å². The third kappa shape index (κ3) is 3.68. The summed E-state index contributed by atoms with van der Waals surface area (Å²) in [4.78, 5) is 23.2. The molecule has 4 heterocycles. The highest BCUT2D eigenvalue weighted by Gasteiger charge is 2.37. The number of nitrogens with two attached hydrogens (primary N) is 1. The Hall–Kier alpha value is -3.66. The Labute approximate surface area is 207 Å². The van der Waals surface area contributed by atoms with Crippen LogP contribution in [0.2, 0.25) is 5.02 Å². The number of hydrogen-bond acceptors (Lipinski definition) is 7. The zero-order chi connectivity index (χ0) is 25.0. The second-order valence-corrected chi connectivity index (χ2v) is 9.40. The number of methoxy groups -OCH3 is 1. The van der Waals surface area contributed by atoms with Crippen LogP contribution in [0.25, 0.3) is 11.0 Å². The largest absolute Gasteiger partial charge is 0.496 e. The molecule has 1 saturated heterocycles. The van der Waals surface area contributed by atoms with Crippen LogP contribution in [0.15, 0.2) is 24.8 Å². The molecule has 11 heteroatoms. The van der Waals surface area contributed by atoms with Gasteiger partial charge in [-0.2, -0.15) is 10.2 Å². The number of hydrogen-bond donors (Lipinski definition) is 1. The van der Waals surface area contributed by atoms with E-state index in [1.165, 1.54) is 6.33 Å². The number of carbonyl (C=O) groups is 1. The number of halogens is 1. The number of ether oxygens (including phenoxy) is 1. The van der Waals surface area contributed by atoms with Crippen molar-refractivity contribution in [3.05, 3.63) is 57.8 Å². The lowest BCUT2D eigenvalue weighted by molar-refractivity contribution is 0.0599. The Morgan fingerprint density at radius 1 is 1.29 bits per heavy atom. The third-order valence-corrected chi connectivity index (χ3v) is 7.19. The number of aryl methyl sites for hydroxylation is 2. The predicted molar refractivity (Wildman–Crippen MR) is 133 cm³/mol. The van der Waals surface area contributed by atoms with Crippen molar-refractivity contribution < 1.29 is 9.53 Å². The molecule has 1 fully saturated rings. The van der Waals surface area contributed by atoms with Crippen molar-refractivity contribution in [3.8, 4) is 5.75 Å². The molecule has 1 aliphatic heterocycles. The number of anilines is 1. The first-order valence-electron chi connectivity index (χ1n) is 11.3. The predicted octanol–water partition coefficient (Wildman–Crippen LogP) is 3.27. The smallest absolute Gasteiger partial charge is 0.257 e. The van der Waals surface area contributed by atoms with Gasteiger partial charge in [0.1, 0.15) is 17.9 Å². The highest BCUT2D eigenvalue weighted by atomic mass is 35.5. The van der Waals surface area contributed by atoms with Crippen LogP contribution in [0.4, 0.5) is 5.82 Å². The van der Waals surface area contributed by atoms with Crippen molar-refractivity contribution in [1.29, 1.82) is 0 Å². The second kappa shape index (κ2) is 8.53. The molecule has 1 aromatic carbocycles. The van der Waals surface area contributed by atoms with Gasteiger partial charge in [-0.3, -0.25) is 9.48 Å². The fourth-order valence-corrected chi connectivity index (χ4v) is 5.13. The Morgan fingerprint density at radius 2 is 2.03 bits per heavy atom. The average molecular weight is 495 g/mol. The third-order valence-electron chi connectivity index (χ3n) is 6.79. The van der Waals surface area contributed by atoms with Crippen molar-refractivity contribution in [3.63, 3.8) is 0 Å². The van der Waals surface area contributed by atoms with E-state index in [2.05, 4.69) is 15.1 Å². The summed E-state index contributed by atoms with van der Waals surface area (Å²) < 4.78 is 9.42. The minimum Gasteiger partial charge on any atom is -0.496 e. The van der Waals surface area contributed by atoms with E-state index in [1.807, 2.05) is 36.4 Å². The number of rotatable bonds is 5.